The van der Waals surface area contributed by atoms with Gasteiger partial charge >= 0.3 is 0 Å². The summed E-state index contributed by atoms with van der Waals surface area (Å²) in [6.45, 7) is 4.89. The number of carbonyl (C=O) groups excluding carboxylic acids is 1. The molecule has 25 heavy (non-hydrogen) atoms. The molecular formula is C20H30N2O2S. The number of nitrogens with one attached hydrogen (secondary N) is 2. The van der Waals surface area contributed by atoms with Crippen molar-refractivity contribution < 1.29 is 9.53 Å². The van der Waals surface area contributed by atoms with Gasteiger partial charge in [-0.25, -0.2) is 0 Å². The van der Waals surface area contributed by atoms with Crippen LogP contribution in [-0.2, 0) is 4.79 Å². The Labute approximate surface area is 156 Å². The number of rotatable bonds is 7. The molecule has 1 saturated carbocycles. The molecule has 0 aliphatic heterocycles. The van der Waals surface area contributed by atoms with E-state index >= 15 is 0 Å². The summed E-state index contributed by atoms with van der Waals surface area (Å²) in [6, 6.07) is 7.62. The second kappa shape index (κ2) is 10.4. The second-order valence-corrected chi connectivity index (χ2v) is 7.69. The zero-order valence-electron chi connectivity index (χ0n) is 15.3. The Morgan fingerprint density at radius 1 is 1.28 bits per heavy atom. The molecule has 5 heteroatoms. The fourth-order valence-corrected chi connectivity index (χ4v) is 3.32. The first-order valence-electron chi connectivity index (χ1n) is 9.36. The van der Waals surface area contributed by atoms with Crippen LogP contribution < -0.4 is 15.4 Å². The molecule has 0 radical (unpaired) electrons. The SMILES string of the molecule is CC(C)COc1cccc(NC(=S)NC(=O)CCC2CCCCC2)c1. The first-order chi connectivity index (χ1) is 12.0. The van der Waals surface area contributed by atoms with Gasteiger partial charge in [-0.15, -0.1) is 0 Å². The molecule has 1 aliphatic carbocycles. The summed E-state index contributed by atoms with van der Waals surface area (Å²) < 4.78 is 5.71. The zero-order valence-corrected chi connectivity index (χ0v) is 16.2. The summed E-state index contributed by atoms with van der Waals surface area (Å²) >= 11 is 5.25. The van der Waals surface area contributed by atoms with Gasteiger partial charge in [0, 0.05) is 18.2 Å². The summed E-state index contributed by atoms with van der Waals surface area (Å²) in [6.07, 6.45) is 7.99. The van der Waals surface area contributed by atoms with E-state index in [1.54, 1.807) is 0 Å². The molecule has 1 amide bonds. The molecule has 4 nitrogen and oxygen atoms in total. The van der Waals surface area contributed by atoms with Gasteiger partial charge in [0.2, 0.25) is 5.91 Å². The largest absolute Gasteiger partial charge is 0.493 e. The molecule has 138 valence electrons. The van der Waals surface area contributed by atoms with Crippen molar-refractivity contribution in [2.24, 2.45) is 11.8 Å². The maximum atomic E-state index is 12.1. The van der Waals surface area contributed by atoms with Crippen molar-refractivity contribution in [2.45, 2.75) is 58.8 Å². The molecule has 1 fully saturated rings. The summed E-state index contributed by atoms with van der Waals surface area (Å²) in [5.74, 6) is 1.97. The van der Waals surface area contributed by atoms with Crippen molar-refractivity contribution in [1.82, 2.24) is 5.32 Å². The molecule has 0 aromatic heterocycles. The summed E-state index contributed by atoms with van der Waals surface area (Å²) in [7, 11) is 0. The van der Waals surface area contributed by atoms with E-state index < -0.39 is 0 Å². The molecule has 1 aromatic carbocycles. The van der Waals surface area contributed by atoms with Crippen LogP contribution in [0.25, 0.3) is 0 Å². The van der Waals surface area contributed by atoms with Crippen LogP contribution in [0.2, 0.25) is 0 Å². The lowest BCUT2D eigenvalue weighted by atomic mass is 9.86. The minimum atomic E-state index is -0.00436. The Morgan fingerprint density at radius 3 is 2.76 bits per heavy atom. The molecule has 0 spiro atoms. The zero-order chi connectivity index (χ0) is 18.1. The lowest BCUT2D eigenvalue weighted by Crippen LogP contribution is -2.34. The number of hydrogen-bond acceptors (Lipinski definition) is 3. The van der Waals surface area contributed by atoms with Crippen molar-refractivity contribution in [3.63, 3.8) is 0 Å². The van der Waals surface area contributed by atoms with Gasteiger partial charge < -0.3 is 15.4 Å². The number of amides is 1. The van der Waals surface area contributed by atoms with E-state index in [2.05, 4.69) is 24.5 Å². The van der Waals surface area contributed by atoms with Crippen LogP contribution in [-0.4, -0.2) is 17.6 Å². The van der Waals surface area contributed by atoms with Crippen LogP contribution in [0, 0.1) is 11.8 Å². The maximum absolute atomic E-state index is 12.1. The minimum Gasteiger partial charge on any atom is -0.493 e. The van der Waals surface area contributed by atoms with Crippen molar-refractivity contribution in [3.8, 4) is 5.75 Å². The highest BCUT2D eigenvalue weighted by Crippen LogP contribution is 2.27. The Morgan fingerprint density at radius 2 is 2.04 bits per heavy atom. The summed E-state index contributed by atoms with van der Waals surface area (Å²) in [5.41, 5.74) is 0.818. The molecule has 0 unspecified atom stereocenters. The Balaban J connectivity index is 1.73. The fraction of sp³-hybridized carbons (Fsp3) is 0.600. The number of anilines is 1. The maximum Gasteiger partial charge on any atom is 0.226 e. The van der Waals surface area contributed by atoms with Crippen LogP contribution in [0.1, 0.15) is 58.8 Å². The van der Waals surface area contributed by atoms with Gasteiger partial charge in [-0.1, -0.05) is 52.0 Å². The summed E-state index contributed by atoms with van der Waals surface area (Å²) in [4.78, 5) is 12.1. The predicted molar refractivity (Wildman–Crippen MR) is 107 cm³/mol. The molecule has 2 N–H and O–H groups in total. The van der Waals surface area contributed by atoms with E-state index in [0.29, 0.717) is 30.0 Å². The number of hydrogen-bond donors (Lipinski definition) is 2. The highest BCUT2D eigenvalue weighted by molar-refractivity contribution is 7.80. The third kappa shape index (κ3) is 7.86. The van der Waals surface area contributed by atoms with Gasteiger partial charge in [0.05, 0.1) is 6.61 Å². The third-order valence-corrected chi connectivity index (χ3v) is 4.64. The molecule has 0 bridgehead atoms. The number of carbonyl (C=O) groups is 1. The van der Waals surface area contributed by atoms with E-state index in [1.807, 2.05) is 24.3 Å². The normalized spacial score (nSPS) is 15.0. The minimum absolute atomic E-state index is 0.00436. The average Bonchev–Trinajstić information content (AvgIpc) is 2.59. The van der Waals surface area contributed by atoms with Crippen LogP contribution in [0.4, 0.5) is 5.69 Å². The van der Waals surface area contributed by atoms with Crippen LogP contribution in [0.5, 0.6) is 5.75 Å². The molecular weight excluding hydrogens is 332 g/mol. The summed E-state index contributed by atoms with van der Waals surface area (Å²) in [5, 5.41) is 6.18. The highest BCUT2D eigenvalue weighted by Gasteiger charge is 2.15. The number of thiocarbonyl (C=S) groups is 1. The lowest BCUT2D eigenvalue weighted by molar-refractivity contribution is -0.120. The third-order valence-electron chi connectivity index (χ3n) is 4.43. The van der Waals surface area contributed by atoms with Crippen molar-refractivity contribution in [2.75, 3.05) is 11.9 Å². The van der Waals surface area contributed by atoms with E-state index in [1.165, 1.54) is 32.1 Å². The van der Waals surface area contributed by atoms with E-state index in [4.69, 9.17) is 17.0 Å². The average molecular weight is 363 g/mol. The van der Waals surface area contributed by atoms with E-state index in [0.717, 1.165) is 17.9 Å². The molecule has 0 atom stereocenters. The predicted octanol–water partition coefficient (Wildman–Crippen LogP) is 4.89. The Hall–Kier alpha value is -1.62. The first kappa shape index (κ1) is 19.7. The molecule has 1 aromatic rings. The van der Waals surface area contributed by atoms with Crippen LogP contribution in [0.15, 0.2) is 24.3 Å². The van der Waals surface area contributed by atoms with Crippen LogP contribution >= 0.6 is 12.2 Å². The molecule has 0 heterocycles. The Kier molecular flexibility index (Phi) is 8.19. The second-order valence-electron chi connectivity index (χ2n) is 7.28. The number of benzene rings is 1. The Bertz CT molecular complexity index is 569. The van der Waals surface area contributed by atoms with Gasteiger partial charge in [-0.3, -0.25) is 4.79 Å². The van der Waals surface area contributed by atoms with Gasteiger partial charge in [-0.2, -0.15) is 0 Å². The van der Waals surface area contributed by atoms with Gasteiger partial charge in [-0.05, 0) is 42.6 Å². The van der Waals surface area contributed by atoms with Crippen molar-refractivity contribution >= 4 is 28.9 Å². The fourth-order valence-electron chi connectivity index (χ4n) is 3.09. The van der Waals surface area contributed by atoms with Crippen LogP contribution in [0.3, 0.4) is 0 Å². The topological polar surface area (TPSA) is 50.4 Å². The molecule has 0 saturated heterocycles. The van der Waals surface area contributed by atoms with Crippen molar-refractivity contribution in [1.29, 1.82) is 0 Å². The molecule has 2 rings (SSSR count). The lowest BCUT2D eigenvalue weighted by Gasteiger charge is -2.21. The van der Waals surface area contributed by atoms with Gasteiger partial charge in [0.25, 0.3) is 0 Å². The van der Waals surface area contributed by atoms with E-state index in [9.17, 15) is 4.79 Å². The highest BCUT2D eigenvalue weighted by atomic mass is 32.1. The van der Waals surface area contributed by atoms with E-state index in [-0.39, 0.29) is 5.91 Å². The quantitative estimate of drug-likeness (QED) is 0.678. The van der Waals surface area contributed by atoms with Gasteiger partial charge in [0.15, 0.2) is 5.11 Å². The molecule has 1 aliphatic rings. The smallest absolute Gasteiger partial charge is 0.226 e. The first-order valence-corrected chi connectivity index (χ1v) is 9.77. The van der Waals surface area contributed by atoms with Crippen molar-refractivity contribution in [3.05, 3.63) is 24.3 Å². The monoisotopic (exact) mass is 362 g/mol. The standard InChI is InChI=1S/C20H30N2O2S/c1-15(2)14-24-18-10-6-9-17(13-18)21-20(25)22-19(23)12-11-16-7-4-3-5-8-16/h6,9-10,13,15-16H,3-5,7-8,11-12,14H2,1-2H3,(H2,21,22,23,25). The van der Waals surface area contributed by atoms with Gasteiger partial charge in [0.1, 0.15) is 5.75 Å². The number of ether oxygens (including phenoxy) is 1.